The lowest BCUT2D eigenvalue weighted by Gasteiger charge is -1.96. The van der Waals surface area contributed by atoms with Gasteiger partial charge in [0.15, 0.2) is 5.13 Å². The van der Waals surface area contributed by atoms with E-state index in [0.717, 1.165) is 15.5 Å². The molecule has 0 atom stereocenters. The Morgan fingerprint density at radius 2 is 1.95 bits per heavy atom. The fraction of sp³-hybridized carbons (Fsp3) is 0.214. The van der Waals surface area contributed by atoms with Crippen molar-refractivity contribution in [3.63, 3.8) is 0 Å². The van der Waals surface area contributed by atoms with Crippen molar-refractivity contribution in [2.24, 2.45) is 0 Å². The monoisotopic (exact) mass is 318 g/mol. The summed E-state index contributed by atoms with van der Waals surface area (Å²) in [6.45, 7) is 3.99. The molecule has 5 nitrogen and oxygen atoms in total. The third-order valence-corrected chi connectivity index (χ3v) is 5.20. The van der Waals surface area contributed by atoms with Gasteiger partial charge < -0.3 is 10.2 Å². The molecular weight excluding hydrogens is 304 g/mol. The highest BCUT2D eigenvalue weighted by atomic mass is 32.2. The van der Waals surface area contributed by atoms with Crippen LogP contribution in [0.5, 0.6) is 0 Å². The summed E-state index contributed by atoms with van der Waals surface area (Å²) in [6, 6.07) is 8.01. The Morgan fingerprint density at radius 3 is 2.62 bits per heavy atom. The minimum absolute atomic E-state index is 0.547. The van der Waals surface area contributed by atoms with Crippen LogP contribution in [0.4, 0.5) is 5.13 Å². The van der Waals surface area contributed by atoms with E-state index < -0.39 is 0 Å². The normalized spacial score (nSPS) is 11.0. The first-order chi connectivity index (χ1) is 10.1. The van der Waals surface area contributed by atoms with Crippen molar-refractivity contribution in [2.75, 3.05) is 5.73 Å². The lowest BCUT2D eigenvalue weighted by atomic mass is 10.1. The number of aryl methyl sites for hydroxylation is 2. The van der Waals surface area contributed by atoms with Crippen molar-refractivity contribution >= 4 is 28.2 Å². The van der Waals surface area contributed by atoms with E-state index in [1.807, 2.05) is 38.1 Å². The van der Waals surface area contributed by atoms with E-state index in [2.05, 4.69) is 15.2 Å². The van der Waals surface area contributed by atoms with Crippen molar-refractivity contribution in [1.29, 1.82) is 0 Å². The summed E-state index contributed by atoms with van der Waals surface area (Å²) in [5, 5.41) is 8.76. The molecule has 3 rings (SSSR count). The average Bonchev–Trinajstić information content (AvgIpc) is 3.04. The lowest BCUT2D eigenvalue weighted by molar-refractivity contribution is 0.528. The summed E-state index contributed by atoms with van der Waals surface area (Å²) >= 11 is 3.09. The SMILES string of the molecule is Cc1ccc(-c2nnc(CSc3sc(N)nc3C)o2)cc1. The molecule has 2 N–H and O–H groups in total. The number of rotatable bonds is 4. The van der Waals surface area contributed by atoms with Crippen molar-refractivity contribution in [2.45, 2.75) is 23.8 Å². The Labute approximate surface area is 130 Å². The molecule has 21 heavy (non-hydrogen) atoms. The van der Waals surface area contributed by atoms with Crippen LogP contribution in [-0.2, 0) is 5.75 Å². The number of thiazole rings is 1. The van der Waals surface area contributed by atoms with E-state index in [-0.39, 0.29) is 0 Å². The Bertz CT molecular complexity index is 749. The molecule has 0 radical (unpaired) electrons. The number of aromatic nitrogens is 3. The van der Waals surface area contributed by atoms with Gasteiger partial charge in [0.2, 0.25) is 11.8 Å². The molecule has 1 aromatic carbocycles. The number of hydrogen-bond donors (Lipinski definition) is 1. The molecule has 0 saturated heterocycles. The fourth-order valence-corrected chi connectivity index (χ4v) is 3.65. The number of thioether (sulfide) groups is 1. The zero-order valence-corrected chi connectivity index (χ0v) is 13.3. The predicted molar refractivity (Wildman–Crippen MR) is 85.3 cm³/mol. The molecule has 0 amide bonds. The maximum Gasteiger partial charge on any atom is 0.247 e. The summed E-state index contributed by atoms with van der Waals surface area (Å²) in [6.07, 6.45) is 0. The summed E-state index contributed by atoms with van der Waals surface area (Å²) in [4.78, 5) is 4.19. The van der Waals surface area contributed by atoms with Crippen molar-refractivity contribution in [3.8, 4) is 11.5 Å². The molecule has 0 aliphatic rings. The highest BCUT2D eigenvalue weighted by Gasteiger charge is 2.11. The van der Waals surface area contributed by atoms with Gasteiger partial charge in [-0.05, 0) is 26.0 Å². The second-order valence-corrected chi connectivity index (χ2v) is 6.86. The Morgan fingerprint density at radius 1 is 1.19 bits per heavy atom. The number of nitrogens with two attached hydrogens (primary N) is 1. The predicted octanol–water partition coefficient (Wildman–Crippen LogP) is 3.68. The maximum atomic E-state index is 5.69. The summed E-state index contributed by atoms with van der Waals surface area (Å²) in [7, 11) is 0. The zero-order chi connectivity index (χ0) is 14.8. The maximum absolute atomic E-state index is 5.69. The van der Waals surface area contributed by atoms with Crippen LogP contribution < -0.4 is 5.73 Å². The van der Waals surface area contributed by atoms with E-state index in [1.54, 1.807) is 11.8 Å². The lowest BCUT2D eigenvalue weighted by Crippen LogP contribution is -1.81. The van der Waals surface area contributed by atoms with Gasteiger partial charge in [-0.2, -0.15) is 0 Å². The number of benzene rings is 1. The third kappa shape index (κ3) is 3.25. The van der Waals surface area contributed by atoms with Crippen molar-refractivity contribution in [3.05, 3.63) is 41.4 Å². The van der Waals surface area contributed by atoms with Crippen LogP contribution >= 0.6 is 23.1 Å². The van der Waals surface area contributed by atoms with E-state index >= 15 is 0 Å². The molecule has 0 spiro atoms. The molecule has 108 valence electrons. The topological polar surface area (TPSA) is 77.8 Å². The number of anilines is 1. The standard InChI is InChI=1S/C14H14N4OS2/c1-8-3-5-10(6-4-8)12-18-17-11(19-12)7-20-13-9(2)16-14(15)21-13/h3-6H,7H2,1-2H3,(H2,15,16). The summed E-state index contributed by atoms with van der Waals surface area (Å²) in [5.74, 6) is 1.76. The molecule has 2 aromatic heterocycles. The van der Waals surface area contributed by atoms with Crippen LogP contribution in [0.2, 0.25) is 0 Å². The highest BCUT2D eigenvalue weighted by molar-refractivity contribution is 8.00. The quantitative estimate of drug-likeness (QED) is 0.739. The molecule has 7 heteroatoms. The van der Waals surface area contributed by atoms with Gasteiger partial charge in [0.1, 0.15) is 0 Å². The highest BCUT2D eigenvalue weighted by Crippen LogP contribution is 2.32. The van der Waals surface area contributed by atoms with Gasteiger partial charge in [0.05, 0.1) is 15.7 Å². The first-order valence-electron chi connectivity index (χ1n) is 6.37. The molecule has 0 aliphatic heterocycles. The van der Waals surface area contributed by atoms with Crippen molar-refractivity contribution in [1.82, 2.24) is 15.2 Å². The van der Waals surface area contributed by atoms with Gasteiger partial charge in [0, 0.05) is 5.56 Å². The summed E-state index contributed by atoms with van der Waals surface area (Å²) in [5.41, 5.74) is 8.76. The van der Waals surface area contributed by atoms with Crippen LogP contribution in [-0.4, -0.2) is 15.2 Å². The van der Waals surface area contributed by atoms with E-state index in [9.17, 15) is 0 Å². The largest absolute Gasteiger partial charge is 0.420 e. The number of nitrogen functional groups attached to an aromatic ring is 1. The molecular formula is C14H14N4OS2. The smallest absolute Gasteiger partial charge is 0.247 e. The molecule has 2 heterocycles. The third-order valence-electron chi connectivity index (χ3n) is 2.86. The molecule has 0 bridgehead atoms. The van der Waals surface area contributed by atoms with Gasteiger partial charge in [-0.1, -0.05) is 29.0 Å². The van der Waals surface area contributed by atoms with Gasteiger partial charge in [-0.25, -0.2) is 4.98 Å². The Balaban J connectivity index is 1.70. The van der Waals surface area contributed by atoms with Crippen LogP contribution in [0.1, 0.15) is 17.1 Å². The van der Waals surface area contributed by atoms with Gasteiger partial charge in [-0.15, -0.1) is 22.0 Å². The van der Waals surface area contributed by atoms with Crippen LogP contribution in [0.25, 0.3) is 11.5 Å². The minimum Gasteiger partial charge on any atom is -0.420 e. The first kappa shape index (κ1) is 14.1. The number of nitrogens with zero attached hydrogens (tertiary/aromatic N) is 3. The second-order valence-electron chi connectivity index (χ2n) is 4.58. The molecule has 0 fully saturated rings. The molecule has 0 aliphatic carbocycles. The summed E-state index contributed by atoms with van der Waals surface area (Å²) < 4.78 is 6.77. The van der Waals surface area contributed by atoms with Gasteiger partial charge in [0.25, 0.3) is 0 Å². The minimum atomic E-state index is 0.547. The Hall–Kier alpha value is -1.86. The number of hydrogen-bond acceptors (Lipinski definition) is 7. The van der Waals surface area contributed by atoms with Crippen LogP contribution in [0.3, 0.4) is 0 Å². The van der Waals surface area contributed by atoms with Gasteiger partial charge in [-0.3, -0.25) is 0 Å². The van der Waals surface area contributed by atoms with Crippen molar-refractivity contribution < 1.29 is 4.42 Å². The van der Waals surface area contributed by atoms with E-state index in [0.29, 0.717) is 22.7 Å². The van der Waals surface area contributed by atoms with Crippen LogP contribution in [0, 0.1) is 13.8 Å². The zero-order valence-electron chi connectivity index (χ0n) is 11.7. The van der Waals surface area contributed by atoms with Gasteiger partial charge >= 0.3 is 0 Å². The first-order valence-corrected chi connectivity index (χ1v) is 8.17. The molecule has 0 unspecified atom stereocenters. The van der Waals surface area contributed by atoms with E-state index in [1.165, 1.54) is 16.9 Å². The second kappa shape index (κ2) is 5.87. The fourth-order valence-electron chi connectivity index (χ4n) is 1.79. The molecule has 3 aromatic rings. The Kier molecular flexibility index (Phi) is 3.94. The van der Waals surface area contributed by atoms with E-state index in [4.69, 9.17) is 10.2 Å². The van der Waals surface area contributed by atoms with Crippen LogP contribution in [0.15, 0.2) is 32.9 Å². The molecule has 0 saturated carbocycles. The average molecular weight is 318 g/mol.